The fourth-order valence-corrected chi connectivity index (χ4v) is 0.577. The summed E-state index contributed by atoms with van der Waals surface area (Å²) in [7, 11) is 0. The van der Waals surface area contributed by atoms with Crippen molar-refractivity contribution in [1.82, 2.24) is 0 Å². The molecule has 0 saturated heterocycles. The van der Waals surface area contributed by atoms with Crippen LogP contribution in [0.5, 0.6) is 0 Å². The SMILES string of the molecule is C.C.C.C.C.C.C.C.C.CCCC(C)C.[W]. The van der Waals surface area contributed by atoms with Crippen molar-refractivity contribution in [2.45, 2.75) is 100 Å². The van der Waals surface area contributed by atoms with E-state index in [9.17, 15) is 0 Å². The van der Waals surface area contributed by atoms with Crippen LogP contribution >= 0.6 is 0 Å². The Morgan fingerprint density at radius 1 is 0.625 bits per heavy atom. The number of hydrogen-bond donors (Lipinski definition) is 0. The van der Waals surface area contributed by atoms with E-state index in [4.69, 9.17) is 0 Å². The van der Waals surface area contributed by atoms with Crippen molar-refractivity contribution in [2.75, 3.05) is 0 Å². The first-order valence-electron chi connectivity index (χ1n) is 2.77. The smallest absolute Gasteiger partial charge is 0 e. The Labute approximate surface area is 127 Å². The average molecular weight is 414 g/mol. The maximum absolute atomic E-state index is 2.25. The maximum atomic E-state index is 2.25. The summed E-state index contributed by atoms with van der Waals surface area (Å²) in [6.45, 7) is 6.73. The van der Waals surface area contributed by atoms with E-state index in [2.05, 4.69) is 20.8 Å². The van der Waals surface area contributed by atoms with Crippen molar-refractivity contribution < 1.29 is 21.1 Å². The van der Waals surface area contributed by atoms with Crippen LogP contribution in [0.1, 0.15) is 100 Å². The van der Waals surface area contributed by atoms with Crippen molar-refractivity contribution in [3.63, 3.8) is 0 Å². The predicted octanol–water partition coefficient (Wildman–Crippen LogP) is 8.16. The first kappa shape index (κ1) is 127. The van der Waals surface area contributed by atoms with Gasteiger partial charge in [0.25, 0.3) is 0 Å². The molecule has 116 valence electrons. The molecular weight excluding hydrogens is 364 g/mol. The number of rotatable bonds is 2. The largest absolute Gasteiger partial charge is 0.0776 e. The van der Waals surface area contributed by atoms with Crippen LogP contribution in [-0.2, 0) is 21.1 Å². The van der Waals surface area contributed by atoms with E-state index < -0.39 is 0 Å². The van der Waals surface area contributed by atoms with Gasteiger partial charge in [-0.15, -0.1) is 0 Å². The van der Waals surface area contributed by atoms with Crippen LogP contribution in [0.4, 0.5) is 0 Å². The van der Waals surface area contributed by atoms with E-state index in [-0.39, 0.29) is 87.9 Å². The van der Waals surface area contributed by atoms with Crippen molar-refractivity contribution in [2.24, 2.45) is 5.92 Å². The number of hydrogen-bond acceptors (Lipinski definition) is 0. The van der Waals surface area contributed by atoms with Crippen molar-refractivity contribution in [3.05, 3.63) is 0 Å². The third-order valence-corrected chi connectivity index (χ3v) is 0.866. The molecule has 0 rings (SSSR count). The zero-order valence-corrected chi connectivity index (χ0v) is 8.33. The van der Waals surface area contributed by atoms with Gasteiger partial charge in [-0.05, 0) is 5.92 Å². The van der Waals surface area contributed by atoms with Crippen molar-refractivity contribution in [1.29, 1.82) is 0 Å². The van der Waals surface area contributed by atoms with E-state index in [1.165, 1.54) is 12.8 Å². The van der Waals surface area contributed by atoms with Gasteiger partial charge in [-0.2, -0.15) is 0 Å². The zero-order valence-electron chi connectivity index (χ0n) is 5.40. The Morgan fingerprint density at radius 2 is 0.812 bits per heavy atom. The summed E-state index contributed by atoms with van der Waals surface area (Å²) >= 11 is 0. The van der Waals surface area contributed by atoms with Crippen LogP contribution in [0.2, 0.25) is 0 Å². The Morgan fingerprint density at radius 3 is 0.812 bits per heavy atom. The molecule has 0 spiro atoms. The molecular formula is C15H50W. The summed E-state index contributed by atoms with van der Waals surface area (Å²) in [5.41, 5.74) is 0. The Balaban J connectivity index is -0.00000000278. The summed E-state index contributed by atoms with van der Waals surface area (Å²) in [6.07, 6.45) is 2.71. The Bertz CT molecular complexity index is 26.6. The minimum atomic E-state index is 0. The Hall–Kier alpha value is 0.688. The van der Waals surface area contributed by atoms with Gasteiger partial charge >= 0.3 is 0 Å². The predicted molar refractivity (Wildman–Crippen MR) is 90.3 cm³/mol. The topological polar surface area (TPSA) is 0 Å². The van der Waals surface area contributed by atoms with E-state index in [0.717, 1.165) is 5.92 Å². The molecule has 0 aliphatic heterocycles. The van der Waals surface area contributed by atoms with Gasteiger partial charge in [0.1, 0.15) is 0 Å². The molecule has 0 heterocycles. The van der Waals surface area contributed by atoms with Crippen molar-refractivity contribution in [3.8, 4) is 0 Å². The molecule has 16 heavy (non-hydrogen) atoms. The molecule has 0 atom stereocenters. The average Bonchev–Trinajstić information content (AvgIpc) is 1.35. The molecule has 0 radical (unpaired) electrons. The summed E-state index contributed by atoms with van der Waals surface area (Å²) < 4.78 is 0. The van der Waals surface area contributed by atoms with Gasteiger partial charge in [-0.3, -0.25) is 0 Å². The third kappa shape index (κ3) is 202. The van der Waals surface area contributed by atoms with E-state index in [1.54, 1.807) is 0 Å². The summed E-state index contributed by atoms with van der Waals surface area (Å²) in [5.74, 6) is 0.898. The Kier molecular flexibility index (Phi) is 830. The van der Waals surface area contributed by atoms with Gasteiger partial charge in [0.05, 0.1) is 0 Å². The van der Waals surface area contributed by atoms with Crippen LogP contribution in [0.15, 0.2) is 0 Å². The molecule has 0 bridgehead atoms. The van der Waals surface area contributed by atoms with Gasteiger partial charge in [-0.1, -0.05) is 100 Å². The molecule has 0 aromatic rings. The summed E-state index contributed by atoms with van der Waals surface area (Å²) in [4.78, 5) is 0. The second kappa shape index (κ2) is 105. The van der Waals surface area contributed by atoms with Gasteiger partial charge in [0.15, 0.2) is 0 Å². The molecule has 0 aliphatic rings. The fourth-order valence-electron chi connectivity index (χ4n) is 0.577. The molecule has 0 N–H and O–H groups in total. The molecule has 0 aliphatic carbocycles. The van der Waals surface area contributed by atoms with Gasteiger partial charge in [-0.25, -0.2) is 0 Å². The van der Waals surface area contributed by atoms with Crippen LogP contribution in [0, 0.1) is 5.92 Å². The van der Waals surface area contributed by atoms with Gasteiger partial charge < -0.3 is 0 Å². The minimum Gasteiger partial charge on any atom is -0.0776 e. The third-order valence-electron chi connectivity index (χ3n) is 0.866. The van der Waals surface area contributed by atoms with E-state index in [1.807, 2.05) is 0 Å². The first-order valence-corrected chi connectivity index (χ1v) is 2.77. The van der Waals surface area contributed by atoms with Crippen LogP contribution < -0.4 is 0 Å². The normalized spacial score (nSPS) is 3.75. The monoisotopic (exact) mass is 414 g/mol. The second-order valence-electron chi connectivity index (χ2n) is 2.18. The molecule has 1 heteroatoms. The van der Waals surface area contributed by atoms with Crippen molar-refractivity contribution >= 4 is 0 Å². The molecule has 0 nitrogen and oxygen atoms in total. The fraction of sp³-hybridized carbons (Fsp3) is 1.00. The first-order chi connectivity index (χ1) is 2.77. The second-order valence-corrected chi connectivity index (χ2v) is 2.18. The molecule has 0 amide bonds. The maximum Gasteiger partial charge on any atom is 0 e. The quantitative estimate of drug-likeness (QED) is 0.428. The minimum absolute atomic E-state index is 0. The van der Waals surface area contributed by atoms with E-state index in [0.29, 0.717) is 0 Å². The molecule has 0 unspecified atom stereocenters. The molecule has 0 aromatic carbocycles. The summed E-state index contributed by atoms with van der Waals surface area (Å²) in [5, 5.41) is 0. The standard InChI is InChI=1S/C6H14.9CH4.W/c1-4-5-6(2)3;;;;;;;;;;/h6H,4-5H2,1-3H3;9*1H4;. The zero-order chi connectivity index (χ0) is 4.99. The molecule has 0 fully saturated rings. The van der Waals surface area contributed by atoms with Crippen LogP contribution in [0.3, 0.4) is 0 Å². The molecule has 0 saturated carbocycles. The van der Waals surface area contributed by atoms with E-state index >= 15 is 0 Å². The van der Waals surface area contributed by atoms with Crippen LogP contribution in [-0.4, -0.2) is 0 Å². The van der Waals surface area contributed by atoms with Gasteiger partial charge in [0, 0.05) is 21.1 Å². The van der Waals surface area contributed by atoms with Crippen LogP contribution in [0.25, 0.3) is 0 Å². The summed E-state index contributed by atoms with van der Waals surface area (Å²) in [6, 6.07) is 0. The van der Waals surface area contributed by atoms with Gasteiger partial charge in [0.2, 0.25) is 0 Å². The molecule has 0 aromatic heterocycles.